The second-order valence-corrected chi connectivity index (χ2v) is 3.74. The van der Waals surface area contributed by atoms with E-state index in [-0.39, 0.29) is 0 Å². The van der Waals surface area contributed by atoms with E-state index in [4.69, 9.17) is 5.73 Å². The summed E-state index contributed by atoms with van der Waals surface area (Å²) in [7, 11) is 0. The quantitative estimate of drug-likeness (QED) is 0.507. The topological polar surface area (TPSA) is 38.0 Å². The van der Waals surface area contributed by atoms with Crippen molar-refractivity contribution in [2.24, 2.45) is 5.73 Å². The fourth-order valence-electron chi connectivity index (χ4n) is 1.79. The Hall–Kier alpha value is -0.520. The van der Waals surface area contributed by atoms with Crippen molar-refractivity contribution in [2.75, 3.05) is 6.54 Å². The Balaban J connectivity index is 2.04. The van der Waals surface area contributed by atoms with Gasteiger partial charge in [-0.2, -0.15) is 0 Å². The van der Waals surface area contributed by atoms with Crippen LogP contribution < -0.4 is 11.1 Å². The van der Waals surface area contributed by atoms with Gasteiger partial charge in [0, 0.05) is 25.0 Å². The molecule has 13 heavy (non-hydrogen) atoms. The van der Waals surface area contributed by atoms with Crippen molar-refractivity contribution in [2.45, 2.75) is 51.1 Å². The van der Waals surface area contributed by atoms with Crippen LogP contribution in [0.5, 0.6) is 0 Å². The first-order valence-electron chi connectivity index (χ1n) is 5.21. The fraction of sp³-hybridized carbons (Fsp3) is 0.818. The van der Waals surface area contributed by atoms with Gasteiger partial charge in [0.2, 0.25) is 0 Å². The second-order valence-electron chi connectivity index (χ2n) is 3.74. The van der Waals surface area contributed by atoms with Crippen LogP contribution in [0.4, 0.5) is 0 Å². The van der Waals surface area contributed by atoms with Crippen LogP contribution in [0.2, 0.25) is 0 Å². The molecule has 0 saturated heterocycles. The number of hydrogen-bond acceptors (Lipinski definition) is 2. The summed E-state index contributed by atoms with van der Waals surface area (Å²) < 4.78 is 0. The minimum atomic E-state index is 0.452. The maximum absolute atomic E-state index is 5.82. The first kappa shape index (κ1) is 10.6. The van der Waals surface area contributed by atoms with Crippen LogP contribution >= 0.6 is 0 Å². The predicted molar refractivity (Wildman–Crippen MR) is 56.3 cm³/mol. The van der Waals surface area contributed by atoms with Crippen LogP contribution in [0.1, 0.15) is 39.0 Å². The zero-order valence-electron chi connectivity index (χ0n) is 8.47. The van der Waals surface area contributed by atoms with Gasteiger partial charge in [-0.1, -0.05) is 0 Å². The Morgan fingerprint density at radius 2 is 2.00 bits per heavy atom. The lowest BCUT2D eigenvalue weighted by Gasteiger charge is -2.26. The Morgan fingerprint density at radius 1 is 1.31 bits per heavy atom. The Labute approximate surface area is 81.3 Å². The van der Waals surface area contributed by atoms with Gasteiger partial charge in [-0.25, -0.2) is 0 Å². The third-order valence-corrected chi connectivity index (χ3v) is 2.63. The molecule has 0 radical (unpaired) electrons. The van der Waals surface area contributed by atoms with Gasteiger partial charge < -0.3 is 11.1 Å². The summed E-state index contributed by atoms with van der Waals surface area (Å²) in [6.07, 6.45) is 5.80. The number of nitrogens with two attached hydrogens (primary N) is 1. The molecular formula is C11H20N2. The summed E-state index contributed by atoms with van der Waals surface area (Å²) >= 11 is 0. The third-order valence-electron chi connectivity index (χ3n) is 2.63. The molecule has 0 unspecified atom stereocenters. The highest BCUT2D eigenvalue weighted by atomic mass is 14.9. The van der Waals surface area contributed by atoms with Crippen LogP contribution in [0, 0.1) is 11.8 Å². The van der Waals surface area contributed by atoms with E-state index in [0.29, 0.717) is 12.1 Å². The summed E-state index contributed by atoms with van der Waals surface area (Å²) in [5.74, 6) is 5.96. The smallest absolute Gasteiger partial charge is 0.0214 e. The van der Waals surface area contributed by atoms with E-state index >= 15 is 0 Å². The molecule has 0 spiro atoms. The van der Waals surface area contributed by atoms with Gasteiger partial charge in [0.15, 0.2) is 0 Å². The Morgan fingerprint density at radius 3 is 2.62 bits per heavy atom. The molecule has 2 heteroatoms. The molecule has 0 atom stereocenters. The van der Waals surface area contributed by atoms with Crippen molar-refractivity contribution in [1.82, 2.24) is 5.32 Å². The van der Waals surface area contributed by atoms with E-state index in [1.807, 2.05) is 6.92 Å². The highest BCUT2D eigenvalue weighted by Crippen LogP contribution is 2.16. The molecule has 0 aromatic rings. The SMILES string of the molecule is CC#CCCNC1CCC(N)CC1. The third kappa shape index (κ3) is 4.31. The summed E-state index contributed by atoms with van der Waals surface area (Å²) in [5, 5.41) is 3.52. The van der Waals surface area contributed by atoms with Gasteiger partial charge in [-0.15, -0.1) is 11.8 Å². The van der Waals surface area contributed by atoms with Gasteiger partial charge >= 0.3 is 0 Å². The van der Waals surface area contributed by atoms with E-state index in [0.717, 1.165) is 13.0 Å². The van der Waals surface area contributed by atoms with Crippen LogP contribution in [-0.4, -0.2) is 18.6 Å². The minimum Gasteiger partial charge on any atom is -0.328 e. The summed E-state index contributed by atoms with van der Waals surface area (Å²) in [4.78, 5) is 0. The highest BCUT2D eigenvalue weighted by Gasteiger charge is 2.16. The molecule has 1 saturated carbocycles. The van der Waals surface area contributed by atoms with Gasteiger partial charge in [-0.05, 0) is 32.6 Å². The molecule has 1 aliphatic rings. The maximum atomic E-state index is 5.82. The van der Waals surface area contributed by atoms with Crippen LogP contribution in [0.3, 0.4) is 0 Å². The summed E-state index contributed by atoms with van der Waals surface area (Å²) in [6, 6.07) is 1.15. The van der Waals surface area contributed by atoms with Gasteiger partial charge in [0.25, 0.3) is 0 Å². The minimum absolute atomic E-state index is 0.452. The lowest BCUT2D eigenvalue weighted by Crippen LogP contribution is -2.37. The van der Waals surface area contributed by atoms with Crippen LogP contribution in [0.15, 0.2) is 0 Å². The number of nitrogens with one attached hydrogen (secondary N) is 1. The van der Waals surface area contributed by atoms with Crippen molar-refractivity contribution in [1.29, 1.82) is 0 Å². The molecule has 1 fully saturated rings. The number of rotatable bonds is 3. The zero-order valence-corrected chi connectivity index (χ0v) is 8.47. The summed E-state index contributed by atoms with van der Waals surface area (Å²) in [6.45, 7) is 2.92. The number of hydrogen-bond donors (Lipinski definition) is 2. The fourth-order valence-corrected chi connectivity index (χ4v) is 1.79. The van der Waals surface area contributed by atoms with Gasteiger partial charge in [0.1, 0.15) is 0 Å². The molecule has 1 aliphatic carbocycles. The van der Waals surface area contributed by atoms with E-state index in [9.17, 15) is 0 Å². The molecule has 3 N–H and O–H groups in total. The summed E-state index contributed by atoms with van der Waals surface area (Å²) in [5.41, 5.74) is 5.82. The second kappa shape index (κ2) is 6.01. The molecule has 0 aliphatic heterocycles. The van der Waals surface area contributed by atoms with Crippen molar-refractivity contribution in [3.8, 4) is 11.8 Å². The predicted octanol–water partition coefficient (Wildman–Crippen LogP) is 1.26. The van der Waals surface area contributed by atoms with Gasteiger partial charge in [0.05, 0.1) is 0 Å². The molecule has 0 heterocycles. The standard InChI is InChI=1S/C11H20N2/c1-2-3-4-9-13-11-7-5-10(12)6-8-11/h10-11,13H,4-9,12H2,1H3. The molecule has 0 aromatic heterocycles. The highest BCUT2D eigenvalue weighted by molar-refractivity contribution is 4.95. The van der Waals surface area contributed by atoms with Gasteiger partial charge in [-0.3, -0.25) is 0 Å². The van der Waals surface area contributed by atoms with E-state index in [2.05, 4.69) is 17.2 Å². The maximum Gasteiger partial charge on any atom is 0.0214 e. The molecule has 74 valence electrons. The molecule has 0 aromatic carbocycles. The Bertz CT molecular complexity index is 182. The zero-order chi connectivity index (χ0) is 9.52. The van der Waals surface area contributed by atoms with Crippen LogP contribution in [0.25, 0.3) is 0 Å². The van der Waals surface area contributed by atoms with E-state index in [1.165, 1.54) is 25.7 Å². The van der Waals surface area contributed by atoms with Crippen molar-refractivity contribution >= 4 is 0 Å². The molecule has 2 nitrogen and oxygen atoms in total. The molecular weight excluding hydrogens is 160 g/mol. The monoisotopic (exact) mass is 180 g/mol. The lowest BCUT2D eigenvalue weighted by atomic mass is 9.92. The Kier molecular flexibility index (Phi) is 4.88. The van der Waals surface area contributed by atoms with E-state index in [1.54, 1.807) is 0 Å². The van der Waals surface area contributed by atoms with Crippen LogP contribution in [-0.2, 0) is 0 Å². The average molecular weight is 180 g/mol. The molecule has 0 amide bonds. The average Bonchev–Trinajstić information content (AvgIpc) is 2.15. The largest absolute Gasteiger partial charge is 0.328 e. The molecule has 1 rings (SSSR count). The first-order chi connectivity index (χ1) is 6.33. The normalized spacial score (nSPS) is 27.8. The van der Waals surface area contributed by atoms with Crippen molar-refractivity contribution in [3.63, 3.8) is 0 Å². The molecule has 0 bridgehead atoms. The lowest BCUT2D eigenvalue weighted by molar-refractivity contribution is 0.345. The van der Waals surface area contributed by atoms with Crippen molar-refractivity contribution < 1.29 is 0 Å². The van der Waals surface area contributed by atoms with E-state index < -0.39 is 0 Å². The first-order valence-corrected chi connectivity index (χ1v) is 5.21. The van der Waals surface area contributed by atoms with Crippen molar-refractivity contribution in [3.05, 3.63) is 0 Å².